The first kappa shape index (κ1) is 17.8. The number of benzene rings is 1. The van der Waals surface area contributed by atoms with Gasteiger partial charge in [-0.1, -0.05) is 49.8 Å². The van der Waals surface area contributed by atoms with Crippen molar-refractivity contribution in [2.75, 3.05) is 13.2 Å². The van der Waals surface area contributed by atoms with Crippen molar-refractivity contribution < 1.29 is 19.5 Å². The molecule has 0 bridgehead atoms. The standard InChI is InChI=1S/C18H25BO4/c1-3-4-7-14(2)16-10-11-18(23-19(16)21)15-8-5-6-9-17(15)22-13-12-20/h5-6,8-10,18,20-21H,2-4,7,11-13H2,1H3/t18-/m0/s1. The summed E-state index contributed by atoms with van der Waals surface area (Å²) in [6, 6.07) is 7.56. The highest BCUT2D eigenvalue weighted by atomic mass is 16.5. The molecule has 23 heavy (non-hydrogen) atoms. The second-order valence-corrected chi connectivity index (χ2v) is 5.69. The highest BCUT2D eigenvalue weighted by molar-refractivity contribution is 6.54. The van der Waals surface area contributed by atoms with Gasteiger partial charge in [0.2, 0.25) is 0 Å². The molecule has 5 heteroatoms. The van der Waals surface area contributed by atoms with E-state index in [1.165, 1.54) is 0 Å². The number of hydrogen-bond acceptors (Lipinski definition) is 4. The molecule has 2 rings (SSSR count). The molecular weight excluding hydrogens is 291 g/mol. The maximum Gasteiger partial charge on any atom is 0.491 e. The van der Waals surface area contributed by atoms with Gasteiger partial charge in [-0.25, -0.2) is 0 Å². The molecule has 1 aromatic rings. The van der Waals surface area contributed by atoms with E-state index in [2.05, 4.69) is 13.5 Å². The van der Waals surface area contributed by atoms with Crippen LogP contribution in [0.4, 0.5) is 0 Å². The van der Waals surface area contributed by atoms with Crippen molar-refractivity contribution in [1.82, 2.24) is 0 Å². The van der Waals surface area contributed by atoms with E-state index in [-0.39, 0.29) is 19.3 Å². The van der Waals surface area contributed by atoms with Crippen LogP contribution in [0.1, 0.15) is 44.3 Å². The van der Waals surface area contributed by atoms with Crippen LogP contribution >= 0.6 is 0 Å². The lowest BCUT2D eigenvalue weighted by molar-refractivity contribution is 0.157. The lowest BCUT2D eigenvalue weighted by atomic mass is 9.70. The number of rotatable bonds is 8. The monoisotopic (exact) mass is 316 g/mol. The van der Waals surface area contributed by atoms with Crippen LogP contribution < -0.4 is 4.74 Å². The summed E-state index contributed by atoms with van der Waals surface area (Å²) in [7, 11) is -0.955. The van der Waals surface area contributed by atoms with Gasteiger partial charge in [0, 0.05) is 5.56 Å². The zero-order valence-corrected chi connectivity index (χ0v) is 13.7. The third-order valence-corrected chi connectivity index (χ3v) is 3.97. The van der Waals surface area contributed by atoms with E-state index in [9.17, 15) is 5.02 Å². The first-order chi connectivity index (χ1) is 11.2. The summed E-state index contributed by atoms with van der Waals surface area (Å²) in [6.07, 6.45) is 5.45. The molecule has 0 spiro atoms. The predicted molar refractivity (Wildman–Crippen MR) is 92.2 cm³/mol. The minimum atomic E-state index is -0.955. The van der Waals surface area contributed by atoms with Gasteiger partial charge in [0.25, 0.3) is 0 Å². The molecule has 0 saturated heterocycles. The first-order valence-electron chi connectivity index (χ1n) is 8.21. The fourth-order valence-electron chi connectivity index (χ4n) is 2.71. The quantitative estimate of drug-likeness (QED) is 0.723. The predicted octanol–water partition coefficient (Wildman–Crippen LogP) is 3.21. The van der Waals surface area contributed by atoms with Crippen molar-refractivity contribution in [3.05, 3.63) is 53.5 Å². The fourth-order valence-corrected chi connectivity index (χ4v) is 2.71. The van der Waals surface area contributed by atoms with Crippen LogP contribution in [-0.4, -0.2) is 30.5 Å². The molecule has 4 nitrogen and oxygen atoms in total. The van der Waals surface area contributed by atoms with Crippen LogP contribution in [0.25, 0.3) is 0 Å². The molecule has 0 aromatic heterocycles. The van der Waals surface area contributed by atoms with Crippen molar-refractivity contribution >= 4 is 7.12 Å². The average molecular weight is 316 g/mol. The van der Waals surface area contributed by atoms with E-state index < -0.39 is 7.12 Å². The topological polar surface area (TPSA) is 58.9 Å². The Morgan fingerprint density at radius 3 is 2.91 bits per heavy atom. The Balaban J connectivity index is 2.10. The molecule has 1 aromatic carbocycles. The zero-order valence-electron chi connectivity index (χ0n) is 13.7. The third-order valence-electron chi connectivity index (χ3n) is 3.97. The SMILES string of the molecule is C=C(CCCC)C1=CC[C@@H](c2ccccc2OCCO)OB1O. The largest absolute Gasteiger partial charge is 0.491 e. The Morgan fingerprint density at radius 2 is 2.22 bits per heavy atom. The summed E-state index contributed by atoms with van der Waals surface area (Å²) in [5.74, 6) is 0.681. The number of hydrogen-bond donors (Lipinski definition) is 2. The van der Waals surface area contributed by atoms with E-state index >= 15 is 0 Å². The molecule has 2 N–H and O–H groups in total. The van der Waals surface area contributed by atoms with Gasteiger partial charge in [-0.3, -0.25) is 0 Å². The van der Waals surface area contributed by atoms with Crippen LogP contribution in [-0.2, 0) is 4.65 Å². The summed E-state index contributed by atoms with van der Waals surface area (Å²) in [4.78, 5) is 0. The van der Waals surface area contributed by atoms with Crippen molar-refractivity contribution in [2.45, 2.75) is 38.7 Å². The van der Waals surface area contributed by atoms with Crippen LogP contribution in [0.15, 0.2) is 48.0 Å². The Bertz CT molecular complexity index is 556. The van der Waals surface area contributed by atoms with E-state index in [1.54, 1.807) is 0 Å². The molecule has 1 aliphatic rings. The number of ether oxygens (including phenoxy) is 1. The molecular formula is C18H25BO4. The molecule has 0 radical (unpaired) electrons. The molecule has 0 aliphatic carbocycles. The van der Waals surface area contributed by atoms with Crippen molar-refractivity contribution in [3.8, 4) is 5.75 Å². The summed E-state index contributed by atoms with van der Waals surface area (Å²) in [5, 5.41) is 19.2. The minimum Gasteiger partial charge on any atom is -0.491 e. The zero-order chi connectivity index (χ0) is 16.7. The summed E-state index contributed by atoms with van der Waals surface area (Å²) >= 11 is 0. The number of unbranched alkanes of at least 4 members (excludes halogenated alkanes) is 1. The van der Waals surface area contributed by atoms with E-state index in [1.807, 2.05) is 30.3 Å². The van der Waals surface area contributed by atoms with Crippen LogP contribution in [0.3, 0.4) is 0 Å². The average Bonchev–Trinajstić information content (AvgIpc) is 2.58. The maximum atomic E-state index is 10.3. The van der Waals surface area contributed by atoms with E-state index in [4.69, 9.17) is 14.5 Å². The number of aliphatic hydroxyl groups excluding tert-OH is 1. The normalized spacial score (nSPS) is 17.8. The van der Waals surface area contributed by atoms with Crippen molar-refractivity contribution in [3.63, 3.8) is 0 Å². The van der Waals surface area contributed by atoms with E-state index in [0.29, 0.717) is 12.2 Å². The summed E-state index contributed by atoms with van der Waals surface area (Å²) in [6.45, 7) is 6.39. The Kier molecular flexibility index (Phi) is 6.90. The molecule has 124 valence electrons. The molecule has 1 aliphatic heterocycles. The summed E-state index contributed by atoms with van der Waals surface area (Å²) < 4.78 is 11.3. The van der Waals surface area contributed by atoms with Crippen molar-refractivity contribution in [2.24, 2.45) is 0 Å². The molecule has 0 fully saturated rings. The Hall–Kier alpha value is -1.56. The first-order valence-corrected chi connectivity index (χ1v) is 8.21. The van der Waals surface area contributed by atoms with Crippen molar-refractivity contribution in [1.29, 1.82) is 0 Å². The smallest absolute Gasteiger partial charge is 0.491 e. The molecule has 0 amide bonds. The second kappa shape index (κ2) is 8.92. The highest BCUT2D eigenvalue weighted by Crippen LogP contribution is 2.35. The van der Waals surface area contributed by atoms with Crippen LogP contribution in [0.5, 0.6) is 5.75 Å². The molecule has 0 saturated carbocycles. The van der Waals surface area contributed by atoms with Gasteiger partial charge >= 0.3 is 7.12 Å². The van der Waals surface area contributed by atoms with Gasteiger partial charge in [0.1, 0.15) is 12.4 Å². The maximum absolute atomic E-state index is 10.3. The molecule has 1 atom stereocenters. The number of para-hydroxylation sites is 1. The highest BCUT2D eigenvalue weighted by Gasteiger charge is 2.31. The van der Waals surface area contributed by atoms with Crippen LogP contribution in [0, 0.1) is 0 Å². The van der Waals surface area contributed by atoms with Gasteiger partial charge in [0.15, 0.2) is 0 Å². The number of aliphatic hydroxyl groups is 1. The third kappa shape index (κ3) is 4.71. The Labute approximate surface area is 138 Å². The number of allylic oxidation sites excluding steroid dienone is 2. The fraction of sp³-hybridized carbons (Fsp3) is 0.444. The van der Waals surface area contributed by atoms with Gasteiger partial charge in [0.05, 0.1) is 12.7 Å². The second-order valence-electron chi connectivity index (χ2n) is 5.69. The van der Waals surface area contributed by atoms with Gasteiger partial charge in [-0.05, 0) is 30.8 Å². The summed E-state index contributed by atoms with van der Waals surface area (Å²) in [5.41, 5.74) is 2.63. The van der Waals surface area contributed by atoms with Gasteiger partial charge in [-0.2, -0.15) is 0 Å². The lowest BCUT2D eigenvalue weighted by Crippen LogP contribution is -2.29. The minimum absolute atomic E-state index is 0.0379. The Morgan fingerprint density at radius 1 is 1.43 bits per heavy atom. The van der Waals surface area contributed by atoms with Gasteiger partial charge < -0.3 is 19.5 Å². The van der Waals surface area contributed by atoms with E-state index in [0.717, 1.165) is 35.9 Å². The lowest BCUT2D eigenvalue weighted by Gasteiger charge is -2.27. The van der Waals surface area contributed by atoms with Gasteiger partial charge in [-0.15, -0.1) is 0 Å². The van der Waals surface area contributed by atoms with Crippen LogP contribution in [0.2, 0.25) is 0 Å². The molecule has 1 heterocycles. The molecule has 0 unspecified atom stereocenters.